The first kappa shape index (κ1) is 10.5. The van der Waals surface area contributed by atoms with Crippen molar-refractivity contribution in [3.63, 3.8) is 0 Å². The maximum atomic E-state index is 6.12. The summed E-state index contributed by atoms with van der Waals surface area (Å²) in [6, 6.07) is 19.3. The van der Waals surface area contributed by atoms with E-state index in [0.29, 0.717) is 0 Å². The molecule has 2 heteroatoms. The van der Waals surface area contributed by atoms with E-state index < -0.39 is 0 Å². The fourth-order valence-electron chi connectivity index (χ4n) is 2.52. The zero-order chi connectivity index (χ0) is 11.7. The molecule has 0 amide bonds. The zero-order valence-corrected chi connectivity index (χ0v) is 9.64. The molecule has 2 nitrogen and oxygen atoms in total. The lowest BCUT2D eigenvalue weighted by Gasteiger charge is -2.31. The van der Waals surface area contributed by atoms with Gasteiger partial charge in [-0.25, -0.2) is 0 Å². The largest absolute Gasteiger partial charge is 0.323 e. The van der Waals surface area contributed by atoms with Gasteiger partial charge in [0.15, 0.2) is 0 Å². The molecule has 2 atom stereocenters. The van der Waals surface area contributed by atoms with Gasteiger partial charge in [-0.15, -0.1) is 0 Å². The van der Waals surface area contributed by atoms with Crippen molar-refractivity contribution in [3.8, 4) is 0 Å². The molecule has 3 rings (SSSR count). The van der Waals surface area contributed by atoms with Crippen molar-refractivity contribution in [2.24, 2.45) is 5.73 Å². The third kappa shape index (κ3) is 1.86. The van der Waals surface area contributed by atoms with E-state index in [9.17, 15) is 0 Å². The number of fused-ring (bicyclic) bond motifs is 1. The van der Waals surface area contributed by atoms with Crippen molar-refractivity contribution in [3.05, 3.63) is 71.3 Å². The minimum Gasteiger partial charge on any atom is -0.323 e. The van der Waals surface area contributed by atoms with Crippen LogP contribution in [-0.4, -0.2) is 6.54 Å². The molecule has 0 fully saturated rings. The van der Waals surface area contributed by atoms with Crippen LogP contribution >= 0.6 is 0 Å². The number of hydrogen-bond acceptors (Lipinski definition) is 2. The normalized spacial score (nSPS) is 23.1. The average molecular weight is 224 g/mol. The maximum absolute atomic E-state index is 6.12. The highest BCUT2D eigenvalue weighted by atomic mass is 15.0. The summed E-state index contributed by atoms with van der Waals surface area (Å²) in [5.74, 6) is 0. The molecule has 3 N–H and O–H groups in total. The summed E-state index contributed by atoms with van der Waals surface area (Å²) in [6.07, 6.45) is 0. The Morgan fingerprint density at radius 3 is 2.29 bits per heavy atom. The Labute approximate surface area is 101 Å². The number of rotatable bonds is 1. The van der Waals surface area contributed by atoms with Gasteiger partial charge >= 0.3 is 0 Å². The highest BCUT2D eigenvalue weighted by molar-refractivity contribution is 5.41. The predicted molar refractivity (Wildman–Crippen MR) is 69.7 cm³/mol. The summed E-state index contributed by atoms with van der Waals surface area (Å²) in [5.41, 5.74) is 9.99. The third-order valence-electron chi connectivity index (χ3n) is 3.38. The molecule has 0 unspecified atom stereocenters. The molecule has 17 heavy (non-hydrogen) atoms. The van der Waals surface area contributed by atoms with E-state index in [-0.39, 0.29) is 12.1 Å². The van der Waals surface area contributed by atoms with E-state index in [1.165, 1.54) is 16.7 Å². The summed E-state index contributed by atoms with van der Waals surface area (Å²) in [5, 5.41) is 3.52. The Morgan fingerprint density at radius 2 is 1.53 bits per heavy atom. The molecule has 0 saturated heterocycles. The first-order chi connectivity index (χ1) is 8.36. The van der Waals surface area contributed by atoms with Gasteiger partial charge in [0.05, 0.1) is 6.04 Å². The highest BCUT2D eigenvalue weighted by Gasteiger charge is 2.24. The van der Waals surface area contributed by atoms with Gasteiger partial charge in [0.25, 0.3) is 0 Å². The first-order valence-electron chi connectivity index (χ1n) is 5.99. The van der Waals surface area contributed by atoms with Crippen LogP contribution in [-0.2, 0) is 0 Å². The summed E-state index contributed by atoms with van der Waals surface area (Å²) in [7, 11) is 0. The van der Waals surface area contributed by atoms with Crippen molar-refractivity contribution in [1.82, 2.24) is 5.32 Å². The van der Waals surface area contributed by atoms with E-state index in [0.717, 1.165) is 6.54 Å². The Bertz CT molecular complexity index is 507. The lowest BCUT2D eigenvalue weighted by molar-refractivity contribution is 0.504. The molecule has 0 bridgehead atoms. The van der Waals surface area contributed by atoms with Crippen LogP contribution in [0.15, 0.2) is 54.6 Å². The van der Waals surface area contributed by atoms with Crippen molar-refractivity contribution in [2.75, 3.05) is 6.54 Å². The van der Waals surface area contributed by atoms with Crippen LogP contribution in [0.1, 0.15) is 28.8 Å². The van der Waals surface area contributed by atoms with Crippen molar-refractivity contribution >= 4 is 0 Å². The fraction of sp³-hybridized carbons (Fsp3) is 0.200. The summed E-state index contributed by atoms with van der Waals surface area (Å²) in [6.45, 7) is 0.830. The van der Waals surface area contributed by atoms with Crippen molar-refractivity contribution < 1.29 is 0 Å². The topological polar surface area (TPSA) is 38.0 Å². The molecule has 0 spiro atoms. The van der Waals surface area contributed by atoms with Gasteiger partial charge in [-0.1, -0.05) is 54.6 Å². The van der Waals surface area contributed by atoms with Gasteiger partial charge in [-0.3, -0.25) is 0 Å². The molecule has 86 valence electrons. The van der Waals surface area contributed by atoms with Crippen LogP contribution < -0.4 is 11.1 Å². The van der Waals surface area contributed by atoms with E-state index >= 15 is 0 Å². The Hall–Kier alpha value is -1.64. The van der Waals surface area contributed by atoms with Gasteiger partial charge < -0.3 is 11.1 Å². The molecule has 2 aromatic rings. The predicted octanol–water partition coefficient (Wildman–Crippen LogP) is 2.38. The molecule has 0 aliphatic carbocycles. The third-order valence-corrected chi connectivity index (χ3v) is 3.38. The molecule has 0 saturated carbocycles. The van der Waals surface area contributed by atoms with Gasteiger partial charge in [0, 0.05) is 12.6 Å². The van der Waals surface area contributed by atoms with E-state index in [1.54, 1.807) is 0 Å². The first-order valence-corrected chi connectivity index (χ1v) is 5.99. The van der Waals surface area contributed by atoms with Crippen LogP contribution in [0.25, 0.3) is 0 Å². The SMILES string of the molecule is N[C@H]1CN[C@@H](c2ccccc2)c2ccccc21. The van der Waals surface area contributed by atoms with E-state index in [4.69, 9.17) is 5.73 Å². The van der Waals surface area contributed by atoms with Crippen LogP contribution in [0.2, 0.25) is 0 Å². The molecule has 1 aliphatic heterocycles. The molecular formula is C15H16N2. The Morgan fingerprint density at radius 1 is 0.882 bits per heavy atom. The smallest absolute Gasteiger partial charge is 0.0580 e. The van der Waals surface area contributed by atoms with Gasteiger partial charge in [0.1, 0.15) is 0 Å². The minimum absolute atomic E-state index is 0.103. The highest BCUT2D eigenvalue weighted by Crippen LogP contribution is 2.31. The molecule has 1 heterocycles. The summed E-state index contributed by atoms with van der Waals surface area (Å²) >= 11 is 0. The average Bonchev–Trinajstić information content (AvgIpc) is 2.41. The molecule has 1 aliphatic rings. The van der Waals surface area contributed by atoms with Crippen LogP contribution in [0.3, 0.4) is 0 Å². The lowest BCUT2D eigenvalue weighted by atomic mass is 9.88. The Balaban J connectivity index is 2.07. The zero-order valence-electron chi connectivity index (χ0n) is 9.64. The minimum atomic E-state index is 0.103. The molecule has 0 aromatic heterocycles. The summed E-state index contributed by atoms with van der Waals surface area (Å²) < 4.78 is 0. The van der Waals surface area contributed by atoms with Gasteiger partial charge in [-0.2, -0.15) is 0 Å². The van der Waals surface area contributed by atoms with Crippen molar-refractivity contribution in [2.45, 2.75) is 12.1 Å². The Kier molecular flexibility index (Phi) is 2.67. The lowest BCUT2D eigenvalue weighted by Crippen LogP contribution is -2.37. The standard InChI is InChI=1S/C15H16N2/c16-14-10-17-15(11-6-2-1-3-7-11)13-9-5-4-8-12(13)14/h1-9,14-15,17H,10,16H2/t14-,15-/m0/s1. The monoisotopic (exact) mass is 224 g/mol. The maximum Gasteiger partial charge on any atom is 0.0580 e. The second kappa shape index (κ2) is 4.32. The van der Waals surface area contributed by atoms with E-state index in [1.807, 2.05) is 6.07 Å². The summed E-state index contributed by atoms with van der Waals surface area (Å²) in [4.78, 5) is 0. The van der Waals surface area contributed by atoms with Crippen LogP contribution in [0.5, 0.6) is 0 Å². The number of nitrogens with one attached hydrogen (secondary N) is 1. The number of benzene rings is 2. The van der Waals surface area contributed by atoms with Gasteiger partial charge in [-0.05, 0) is 16.7 Å². The number of nitrogens with two attached hydrogens (primary N) is 1. The number of hydrogen-bond donors (Lipinski definition) is 2. The fourth-order valence-corrected chi connectivity index (χ4v) is 2.52. The van der Waals surface area contributed by atoms with Crippen LogP contribution in [0.4, 0.5) is 0 Å². The second-order valence-corrected chi connectivity index (χ2v) is 4.49. The quantitative estimate of drug-likeness (QED) is 0.780. The molecule has 0 radical (unpaired) electrons. The van der Waals surface area contributed by atoms with Gasteiger partial charge in [0.2, 0.25) is 0 Å². The van der Waals surface area contributed by atoms with Crippen LogP contribution in [0, 0.1) is 0 Å². The molecule has 2 aromatic carbocycles. The van der Waals surface area contributed by atoms with E-state index in [2.05, 4.69) is 53.8 Å². The molecular weight excluding hydrogens is 208 g/mol. The second-order valence-electron chi connectivity index (χ2n) is 4.49. The van der Waals surface area contributed by atoms with Crippen molar-refractivity contribution in [1.29, 1.82) is 0 Å².